The van der Waals surface area contributed by atoms with Crippen molar-refractivity contribution < 1.29 is 9.53 Å². The predicted molar refractivity (Wildman–Crippen MR) is 119 cm³/mol. The lowest BCUT2D eigenvalue weighted by Crippen LogP contribution is -2.43. The second-order valence-corrected chi connectivity index (χ2v) is 8.54. The summed E-state index contributed by atoms with van der Waals surface area (Å²) in [6, 6.07) is 10.3. The number of carbonyl (C=O) groups is 1. The van der Waals surface area contributed by atoms with E-state index in [1.54, 1.807) is 11.3 Å². The first-order chi connectivity index (χ1) is 14.3. The monoisotopic (exact) mass is 415 g/mol. The van der Waals surface area contributed by atoms with Crippen LogP contribution < -0.4 is 0 Å². The lowest BCUT2D eigenvalue weighted by molar-refractivity contribution is 0.0323. The van der Waals surface area contributed by atoms with E-state index in [2.05, 4.69) is 28.9 Å². The summed E-state index contributed by atoms with van der Waals surface area (Å²) in [5.41, 5.74) is 1.82. The number of hydrogen-bond acceptors (Lipinski definition) is 5. The second-order valence-electron chi connectivity index (χ2n) is 7.60. The molecule has 0 unspecified atom stereocenters. The first-order valence-corrected chi connectivity index (χ1v) is 11.7. The summed E-state index contributed by atoms with van der Waals surface area (Å²) in [6.07, 6.45) is 5.45. The van der Waals surface area contributed by atoms with E-state index in [1.807, 2.05) is 28.5 Å². The average Bonchev–Trinajstić information content (AvgIpc) is 3.23. The van der Waals surface area contributed by atoms with Crippen LogP contribution in [-0.4, -0.2) is 66.6 Å². The summed E-state index contributed by atoms with van der Waals surface area (Å²) in [4.78, 5) is 22.2. The van der Waals surface area contributed by atoms with Gasteiger partial charge in [0.2, 0.25) is 0 Å². The molecule has 1 aromatic carbocycles. The van der Waals surface area contributed by atoms with Gasteiger partial charge in [0.05, 0.1) is 18.2 Å². The third kappa shape index (κ3) is 7.21. The molecule has 2 aromatic rings. The fourth-order valence-corrected chi connectivity index (χ4v) is 4.36. The van der Waals surface area contributed by atoms with Crippen LogP contribution in [0.15, 0.2) is 35.7 Å². The molecule has 1 aromatic heterocycles. The van der Waals surface area contributed by atoms with Crippen LogP contribution in [0, 0.1) is 0 Å². The molecular weight excluding hydrogens is 382 g/mol. The van der Waals surface area contributed by atoms with Crippen molar-refractivity contribution in [3.63, 3.8) is 0 Å². The molecule has 1 aliphatic rings. The Labute approximate surface area is 178 Å². The highest BCUT2D eigenvalue weighted by atomic mass is 32.1. The highest BCUT2D eigenvalue weighted by Crippen LogP contribution is 2.17. The van der Waals surface area contributed by atoms with Crippen molar-refractivity contribution in [1.29, 1.82) is 0 Å². The van der Waals surface area contributed by atoms with Crippen LogP contribution in [0.1, 0.15) is 53.7 Å². The fraction of sp³-hybridized carbons (Fsp3) is 0.565. The third-order valence-electron chi connectivity index (χ3n) is 5.33. The van der Waals surface area contributed by atoms with Gasteiger partial charge in [0.15, 0.2) is 0 Å². The number of carbonyl (C=O) groups excluding carboxylic acids is 1. The number of nitrogens with zero attached hydrogens (tertiary/aromatic N) is 3. The zero-order chi connectivity index (χ0) is 20.3. The average molecular weight is 416 g/mol. The molecule has 0 saturated carbocycles. The SMILES string of the molecule is CCCCCCN(CCN1CCOCC1)C(=O)c1csc(Cc2ccccc2)n1. The zero-order valence-corrected chi connectivity index (χ0v) is 18.3. The van der Waals surface area contributed by atoms with Gasteiger partial charge in [-0.05, 0) is 12.0 Å². The van der Waals surface area contributed by atoms with Gasteiger partial charge in [-0.25, -0.2) is 4.98 Å². The van der Waals surface area contributed by atoms with Crippen molar-refractivity contribution in [2.24, 2.45) is 0 Å². The molecule has 0 aliphatic carbocycles. The Bertz CT molecular complexity index is 729. The van der Waals surface area contributed by atoms with Crippen LogP contribution in [0.25, 0.3) is 0 Å². The quantitative estimate of drug-likeness (QED) is 0.519. The zero-order valence-electron chi connectivity index (χ0n) is 17.5. The molecule has 0 atom stereocenters. The molecule has 158 valence electrons. The molecule has 6 heteroatoms. The summed E-state index contributed by atoms with van der Waals surface area (Å²) in [5.74, 6) is 0.0744. The van der Waals surface area contributed by atoms with Crippen molar-refractivity contribution in [3.8, 4) is 0 Å². The molecule has 2 heterocycles. The number of aromatic nitrogens is 1. The van der Waals surface area contributed by atoms with Gasteiger partial charge < -0.3 is 9.64 Å². The predicted octanol–water partition coefficient (Wildman–Crippen LogP) is 4.09. The van der Waals surface area contributed by atoms with Gasteiger partial charge in [0.25, 0.3) is 5.91 Å². The molecule has 1 aliphatic heterocycles. The van der Waals surface area contributed by atoms with Crippen LogP contribution in [0.4, 0.5) is 0 Å². The molecule has 0 spiro atoms. The molecule has 29 heavy (non-hydrogen) atoms. The molecule has 3 rings (SSSR count). The Hall–Kier alpha value is -1.76. The molecule has 0 radical (unpaired) electrons. The van der Waals surface area contributed by atoms with E-state index in [4.69, 9.17) is 4.74 Å². The van der Waals surface area contributed by atoms with Crippen molar-refractivity contribution in [2.45, 2.75) is 39.0 Å². The van der Waals surface area contributed by atoms with Crippen LogP contribution in [0.5, 0.6) is 0 Å². The number of thiazole rings is 1. The first-order valence-electron chi connectivity index (χ1n) is 10.8. The Morgan fingerprint density at radius 2 is 1.93 bits per heavy atom. The Morgan fingerprint density at radius 1 is 1.14 bits per heavy atom. The van der Waals surface area contributed by atoms with E-state index in [-0.39, 0.29) is 5.91 Å². The second kappa shape index (κ2) is 12.1. The van der Waals surface area contributed by atoms with Gasteiger partial charge in [-0.15, -0.1) is 11.3 Å². The van der Waals surface area contributed by atoms with Crippen LogP contribution in [0.2, 0.25) is 0 Å². The van der Waals surface area contributed by atoms with E-state index in [1.165, 1.54) is 24.8 Å². The molecule has 1 saturated heterocycles. The number of ether oxygens (including phenoxy) is 1. The summed E-state index contributed by atoms with van der Waals surface area (Å²) in [5, 5.41) is 2.92. The third-order valence-corrected chi connectivity index (χ3v) is 6.18. The fourth-order valence-electron chi connectivity index (χ4n) is 3.55. The van der Waals surface area contributed by atoms with Gasteiger partial charge in [-0.1, -0.05) is 56.5 Å². The van der Waals surface area contributed by atoms with Crippen molar-refractivity contribution in [3.05, 3.63) is 52.0 Å². The van der Waals surface area contributed by atoms with E-state index in [9.17, 15) is 4.79 Å². The van der Waals surface area contributed by atoms with Crippen molar-refractivity contribution >= 4 is 17.2 Å². The normalized spacial score (nSPS) is 14.8. The number of rotatable bonds is 11. The number of amides is 1. The first kappa shape index (κ1) is 21.9. The summed E-state index contributed by atoms with van der Waals surface area (Å²) in [6.45, 7) is 8.18. The Morgan fingerprint density at radius 3 is 2.69 bits per heavy atom. The lowest BCUT2D eigenvalue weighted by atomic mass is 10.2. The van der Waals surface area contributed by atoms with Gasteiger partial charge in [-0.2, -0.15) is 0 Å². The summed E-state index contributed by atoms with van der Waals surface area (Å²) >= 11 is 1.58. The van der Waals surface area contributed by atoms with E-state index in [0.29, 0.717) is 5.69 Å². The minimum Gasteiger partial charge on any atom is -0.379 e. The molecule has 1 amide bonds. The number of hydrogen-bond donors (Lipinski definition) is 0. The standard InChI is InChI=1S/C23H33N3O2S/c1-2-3-4-8-11-26(13-12-25-14-16-28-17-15-25)23(27)21-19-29-22(24-21)18-20-9-6-5-7-10-20/h5-7,9-10,19H,2-4,8,11-18H2,1H3. The van der Waals surface area contributed by atoms with Gasteiger partial charge in [-0.3, -0.25) is 9.69 Å². The maximum absolute atomic E-state index is 13.2. The summed E-state index contributed by atoms with van der Waals surface area (Å²) in [7, 11) is 0. The molecular formula is C23H33N3O2S. The van der Waals surface area contributed by atoms with Crippen LogP contribution in [0.3, 0.4) is 0 Å². The molecule has 0 bridgehead atoms. The number of unbranched alkanes of at least 4 members (excludes halogenated alkanes) is 3. The smallest absolute Gasteiger partial charge is 0.273 e. The van der Waals surface area contributed by atoms with Crippen molar-refractivity contribution in [1.82, 2.24) is 14.8 Å². The van der Waals surface area contributed by atoms with Gasteiger partial charge in [0, 0.05) is 44.5 Å². The minimum atomic E-state index is 0.0744. The lowest BCUT2D eigenvalue weighted by Gasteiger charge is -2.30. The number of morpholine rings is 1. The van der Waals surface area contributed by atoms with Crippen LogP contribution >= 0.6 is 11.3 Å². The topological polar surface area (TPSA) is 45.7 Å². The van der Waals surface area contributed by atoms with E-state index < -0.39 is 0 Å². The van der Waals surface area contributed by atoms with E-state index in [0.717, 1.165) is 63.8 Å². The highest BCUT2D eigenvalue weighted by Gasteiger charge is 2.20. The summed E-state index contributed by atoms with van der Waals surface area (Å²) < 4.78 is 5.44. The molecule has 1 fully saturated rings. The maximum Gasteiger partial charge on any atom is 0.273 e. The van der Waals surface area contributed by atoms with E-state index >= 15 is 0 Å². The maximum atomic E-state index is 13.2. The van der Waals surface area contributed by atoms with Gasteiger partial charge in [0.1, 0.15) is 5.69 Å². The Balaban J connectivity index is 1.59. The minimum absolute atomic E-state index is 0.0744. The van der Waals surface area contributed by atoms with Gasteiger partial charge >= 0.3 is 0 Å². The Kier molecular flexibility index (Phi) is 9.12. The van der Waals surface area contributed by atoms with Crippen LogP contribution in [-0.2, 0) is 11.2 Å². The molecule has 0 N–H and O–H groups in total. The molecule has 5 nitrogen and oxygen atoms in total. The number of benzene rings is 1. The van der Waals surface area contributed by atoms with Crippen molar-refractivity contribution in [2.75, 3.05) is 45.9 Å². The largest absolute Gasteiger partial charge is 0.379 e. The highest BCUT2D eigenvalue weighted by molar-refractivity contribution is 7.09.